The Hall–Kier alpha value is -1.09. The average Bonchev–Trinajstić information content (AvgIpc) is 2.87. The number of pyridine rings is 1. The average molecular weight is 245 g/mol. The third-order valence-electron chi connectivity index (χ3n) is 4.44. The zero-order valence-corrected chi connectivity index (χ0v) is 11.2. The predicted molar refractivity (Wildman–Crippen MR) is 74.7 cm³/mol. The molecule has 2 unspecified atom stereocenters. The van der Waals surface area contributed by atoms with E-state index in [1.165, 1.54) is 44.5 Å². The number of fused-ring (bicyclic) bond motifs is 1. The minimum absolute atomic E-state index is 0.760. The SMILES string of the molecule is CNCc1cccc(N2CCCC3CCCC32)n1. The van der Waals surface area contributed by atoms with Gasteiger partial charge in [0.1, 0.15) is 5.82 Å². The van der Waals surface area contributed by atoms with Gasteiger partial charge < -0.3 is 10.2 Å². The molecule has 1 saturated carbocycles. The maximum Gasteiger partial charge on any atom is 0.129 e. The Bertz CT molecular complexity index is 404. The molecule has 3 heteroatoms. The number of hydrogen-bond donors (Lipinski definition) is 1. The summed E-state index contributed by atoms with van der Waals surface area (Å²) in [5, 5.41) is 3.18. The molecule has 2 fully saturated rings. The van der Waals surface area contributed by atoms with Crippen LogP contribution in [-0.2, 0) is 6.54 Å². The van der Waals surface area contributed by atoms with Gasteiger partial charge in [-0.3, -0.25) is 0 Å². The van der Waals surface area contributed by atoms with E-state index in [2.05, 4.69) is 28.4 Å². The van der Waals surface area contributed by atoms with Crippen LogP contribution in [0.5, 0.6) is 0 Å². The van der Waals surface area contributed by atoms with Crippen molar-refractivity contribution in [3.8, 4) is 0 Å². The Morgan fingerprint density at radius 1 is 1.28 bits per heavy atom. The summed E-state index contributed by atoms with van der Waals surface area (Å²) in [5.74, 6) is 2.12. The zero-order valence-electron chi connectivity index (χ0n) is 11.2. The van der Waals surface area contributed by atoms with E-state index >= 15 is 0 Å². The lowest BCUT2D eigenvalue weighted by molar-refractivity contribution is 0.360. The normalized spacial score (nSPS) is 27.3. The van der Waals surface area contributed by atoms with Gasteiger partial charge in [0.15, 0.2) is 0 Å². The molecule has 0 amide bonds. The number of aromatic nitrogens is 1. The minimum atomic E-state index is 0.760. The summed E-state index contributed by atoms with van der Waals surface area (Å²) >= 11 is 0. The number of hydrogen-bond acceptors (Lipinski definition) is 3. The molecule has 1 aliphatic carbocycles. The number of nitrogens with zero attached hydrogens (tertiary/aromatic N) is 2. The molecular weight excluding hydrogens is 222 g/mol. The lowest BCUT2D eigenvalue weighted by Gasteiger charge is -2.38. The first-order valence-electron chi connectivity index (χ1n) is 7.25. The van der Waals surface area contributed by atoms with E-state index in [0.29, 0.717) is 0 Å². The van der Waals surface area contributed by atoms with Crippen molar-refractivity contribution in [1.29, 1.82) is 0 Å². The van der Waals surface area contributed by atoms with Crippen LogP contribution >= 0.6 is 0 Å². The molecule has 1 aromatic heterocycles. The van der Waals surface area contributed by atoms with Gasteiger partial charge in [-0.1, -0.05) is 12.5 Å². The van der Waals surface area contributed by atoms with Crippen molar-refractivity contribution in [2.45, 2.75) is 44.7 Å². The van der Waals surface area contributed by atoms with Crippen molar-refractivity contribution in [1.82, 2.24) is 10.3 Å². The second-order valence-corrected chi connectivity index (χ2v) is 5.61. The van der Waals surface area contributed by atoms with Gasteiger partial charge in [-0.2, -0.15) is 0 Å². The molecule has 2 aliphatic rings. The summed E-state index contributed by atoms with van der Waals surface area (Å²) in [5.41, 5.74) is 1.15. The molecule has 1 aliphatic heterocycles. The first-order chi connectivity index (χ1) is 8.88. The highest BCUT2D eigenvalue weighted by Gasteiger charge is 2.35. The Kier molecular flexibility index (Phi) is 3.50. The van der Waals surface area contributed by atoms with E-state index in [1.54, 1.807) is 0 Å². The van der Waals surface area contributed by atoms with Gasteiger partial charge in [-0.25, -0.2) is 4.98 Å². The molecule has 3 nitrogen and oxygen atoms in total. The van der Waals surface area contributed by atoms with Crippen LogP contribution in [0.25, 0.3) is 0 Å². The van der Waals surface area contributed by atoms with Crippen molar-refractivity contribution < 1.29 is 0 Å². The molecule has 1 saturated heterocycles. The van der Waals surface area contributed by atoms with Crippen LogP contribution in [0.4, 0.5) is 5.82 Å². The molecule has 3 rings (SSSR count). The predicted octanol–water partition coefficient (Wildman–Crippen LogP) is 2.57. The van der Waals surface area contributed by atoms with Gasteiger partial charge in [0.05, 0.1) is 5.69 Å². The van der Waals surface area contributed by atoms with E-state index in [4.69, 9.17) is 4.98 Å². The Labute approximate surface area is 110 Å². The van der Waals surface area contributed by atoms with Crippen LogP contribution < -0.4 is 10.2 Å². The number of nitrogens with one attached hydrogen (secondary N) is 1. The van der Waals surface area contributed by atoms with Crippen LogP contribution in [0.15, 0.2) is 18.2 Å². The Balaban J connectivity index is 1.82. The maximum absolute atomic E-state index is 4.81. The van der Waals surface area contributed by atoms with Crippen LogP contribution in [-0.4, -0.2) is 24.6 Å². The molecule has 2 atom stereocenters. The lowest BCUT2D eigenvalue weighted by atomic mass is 9.92. The fourth-order valence-corrected chi connectivity index (χ4v) is 3.64. The highest BCUT2D eigenvalue weighted by Crippen LogP contribution is 2.38. The number of piperidine rings is 1. The second-order valence-electron chi connectivity index (χ2n) is 5.61. The van der Waals surface area contributed by atoms with Crippen LogP contribution in [0.3, 0.4) is 0 Å². The molecule has 1 aromatic rings. The van der Waals surface area contributed by atoms with Crippen molar-refractivity contribution in [3.05, 3.63) is 23.9 Å². The van der Waals surface area contributed by atoms with Gasteiger partial charge in [-0.15, -0.1) is 0 Å². The highest BCUT2D eigenvalue weighted by molar-refractivity contribution is 5.42. The molecule has 0 spiro atoms. The zero-order chi connectivity index (χ0) is 12.4. The molecule has 0 radical (unpaired) electrons. The van der Waals surface area contributed by atoms with Gasteiger partial charge in [0.25, 0.3) is 0 Å². The number of anilines is 1. The van der Waals surface area contributed by atoms with Crippen LogP contribution in [0.2, 0.25) is 0 Å². The Morgan fingerprint density at radius 2 is 2.17 bits per heavy atom. The van der Waals surface area contributed by atoms with Gasteiger partial charge in [0.2, 0.25) is 0 Å². The van der Waals surface area contributed by atoms with E-state index in [-0.39, 0.29) is 0 Å². The topological polar surface area (TPSA) is 28.2 Å². The first-order valence-corrected chi connectivity index (χ1v) is 7.25. The molecular formula is C15H23N3. The van der Waals surface area contributed by atoms with E-state index in [9.17, 15) is 0 Å². The van der Waals surface area contributed by atoms with Gasteiger partial charge in [-0.05, 0) is 50.8 Å². The minimum Gasteiger partial charge on any atom is -0.353 e. The summed E-state index contributed by atoms with van der Waals surface area (Å²) < 4.78 is 0. The Morgan fingerprint density at radius 3 is 3.06 bits per heavy atom. The fraction of sp³-hybridized carbons (Fsp3) is 0.667. The smallest absolute Gasteiger partial charge is 0.129 e. The molecule has 0 bridgehead atoms. The van der Waals surface area contributed by atoms with Crippen molar-refractivity contribution in [2.24, 2.45) is 5.92 Å². The standard InChI is InChI=1S/C15H23N3/c1-16-11-13-7-3-9-15(17-13)18-10-4-6-12-5-2-8-14(12)18/h3,7,9,12,14,16H,2,4-6,8,10-11H2,1H3. The largest absolute Gasteiger partial charge is 0.353 e. The van der Waals surface area contributed by atoms with Crippen LogP contribution in [0.1, 0.15) is 37.8 Å². The fourth-order valence-electron chi connectivity index (χ4n) is 3.64. The van der Waals surface area contributed by atoms with Crippen LogP contribution in [0, 0.1) is 5.92 Å². The third kappa shape index (κ3) is 2.24. The monoisotopic (exact) mass is 245 g/mol. The molecule has 2 heterocycles. The van der Waals surface area contributed by atoms with E-state index < -0.39 is 0 Å². The second kappa shape index (κ2) is 5.27. The summed E-state index contributed by atoms with van der Waals surface area (Å²) in [6.07, 6.45) is 6.96. The van der Waals surface area contributed by atoms with Crippen molar-refractivity contribution in [2.75, 3.05) is 18.5 Å². The maximum atomic E-state index is 4.81. The van der Waals surface area contributed by atoms with Crippen molar-refractivity contribution in [3.63, 3.8) is 0 Å². The van der Waals surface area contributed by atoms with E-state index in [0.717, 1.165) is 24.2 Å². The molecule has 98 valence electrons. The van der Waals surface area contributed by atoms with Crippen molar-refractivity contribution >= 4 is 5.82 Å². The highest BCUT2D eigenvalue weighted by atomic mass is 15.2. The molecule has 1 N–H and O–H groups in total. The number of rotatable bonds is 3. The lowest BCUT2D eigenvalue weighted by Crippen LogP contribution is -2.43. The van der Waals surface area contributed by atoms with E-state index in [1.807, 2.05) is 7.05 Å². The molecule has 0 aromatic carbocycles. The third-order valence-corrected chi connectivity index (χ3v) is 4.44. The first kappa shape index (κ1) is 12.0. The summed E-state index contributed by atoms with van der Waals surface area (Å²) in [6.45, 7) is 2.05. The summed E-state index contributed by atoms with van der Waals surface area (Å²) in [6, 6.07) is 7.19. The molecule has 18 heavy (non-hydrogen) atoms. The quantitative estimate of drug-likeness (QED) is 0.887. The summed E-state index contributed by atoms with van der Waals surface area (Å²) in [7, 11) is 1.97. The van der Waals surface area contributed by atoms with Gasteiger partial charge in [0, 0.05) is 19.1 Å². The summed E-state index contributed by atoms with van der Waals surface area (Å²) in [4.78, 5) is 7.38. The van der Waals surface area contributed by atoms with Gasteiger partial charge >= 0.3 is 0 Å².